The summed E-state index contributed by atoms with van der Waals surface area (Å²) in [6.45, 7) is 0. The van der Waals surface area contributed by atoms with Crippen molar-refractivity contribution in [2.24, 2.45) is 0 Å². The standard InChI is InChI=1S/C2H6N2O/c1-4(3)2-5/h2H,3H2,1H3/p+1. The first-order chi connectivity index (χ1) is 2.27. The number of carbonyl (C=O) groups is 1. The summed E-state index contributed by atoms with van der Waals surface area (Å²) >= 11 is 0. The van der Waals surface area contributed by atoms with Crippen LogP contribution in [0.2, 0.25) is 0 Å². The number of hydrogen-bond acceptors (Lipinski definition) is 1. The summed E-state index contributed by atoms with van der Waals surface area (Å²) in [4.78, 5) is 9.37. The van der Waals surface area contributed by atoms with E-state index in [-0.39, 0.29) is 0 Å². The lowest BCUT2D eigenvalue weighted by atomic mass is 11.2. The van der Waals surface area contributed by atoms with Gasteiger partial charge >= 0.3 is 0 Å². The highest BCUT2D eigenvalue weighted by atomic mass is 16.1. The van der Waals surface area contributed by atoms with Crippen LogP contribution in [0.3, 0.4) is 0 Å². The molecule has 0 bridgehead atoms. The van der Waals surface area contributed by atoms with Gasteiger partial charge in [0.05, 0.1) is 7.05 Å². The second kappa shape index (κ2) is 1.72. The van der Waals surface area contributed by atoms with Crippen molar-refractivity contribution in [1.82, 2.24) is 5.01 Å². The molecule has 0 aromatic rings. The molecular formula is C2H7N2O+. The van der Waals surface area contributed by atoms with E-state index in [0.717, 1.165) is 0 Å². The van der Waals surface area contributed by atoms with Crippen LogP contribution < -0.4 is 5.84 Å². The molecule has 3 nitrogen and oxygen atoms in total. The number of nitrogens with zero attached hydrogens (tertiary/aromatic N) is 1. The van der Waals surface area contributed by atoms with Gasteiger partial charge in [0.2, 0.25) is 0 Å². The number of hydrogen-bond donors (Lipinski definition) is 1. The summed E-state index contributed by atoms with van der Waals surface area (Å²) in [7, 11) is 1.58. The van der Waals surface area contributed by atoms with Crippen LogP contribution in [0, 0.1) is 0 Å². The first kappa shape index (κ1) is 4.43. The van der Waals surface area contributed by atoms with Crippen molar-refractivity contribution in [3.8, 4) is 0 Å². The van der Waals surface area contributed by atoms with Crippen molar-refractivity contribution >= 4 is 6.41 Å². The molecule has 5 heavy (non-hydrogen) atoms. The third-order valence-electron chi connectivity index (χ3n) is 0.180. The molecule has 3 N–H and O–H groups in total. The minimum Gasteiger partial charge on any atom is -0.273 e. The summed E-state index contributed by atoms with van der Waals surface area (Å²) in [6.07, 6.45) is 0.639. The fraction of sp³-hybridized carbons (Fsp3) is 0.500. The number of carbonyl (C=O) groups excluding carboxylic acids is 1. The molecule has 0 aliphatic heterocycles. The van der Waals surface area contributed by atoms with Gasteiger partial charge in [-0.3, -0.25) is 10.6 Å². The predicted octanol–water partition coefficient (Wildman–Crippen LogP) is -1.77. The average Bonchev–Trinajstić information content (AvgIpc) is 1.38. The summed E-state index contributed by atoms with van der Waals surface area (Å²) in [5.74, 6) is 3.22. The molecule has 0 heterocycles. The molecule has 0 aliphatic rings. The molecule has 1 amide bonds. The Kier molecular flexibility index (Phi) is 1.53. The Morgan fingerprint density at radius 2 is 2.20 bits per heavy atom. The van der Waals surface area contributed by atoms with Gasteiger partial charge in [0.25, 0.3) is 6.41 Å². The fourth-order valence-electron chi connectivity index (χ4n) is 0. The molecule has 0 aromatic carbocycles. The van der Waals surface area contributed by atoms with Gasteiger partial charge in [-0.15, -0.1) is 0 Å². The lowest BCUT2D eigenvalue weighted by Crippen LogP contribution is -2.64. The molecule has 0 atom stereocenters. The van der Waals surface area contributed by atoms with Crippen LogP contribution in [0.25, 0.3) is 0 Å². The quantitative estimate of drug-likeness (QED) is 0.291. The topological polar surface area (TPSA) is 48.0 Å². The Hall–Kier alpha value is -0.570. The Bertz CT molecular complexity index is 34.6. The van der Waals surface area contributed by atoms with Crippen molar-refractivity contribution in [1.29, 1.82) is 0 Å². The summed E-state index contributed by atoms with van der Waals surface area (Å²) in [6, 6.07) is 0. The number of amides is 1. The molecule has 0 aliphatic carbocycles. The lowest BCUT2D eigenvalue weighted by Gasteiger charge is -1.88. The van der Waals surface area contributed by atoms with E-state index in [4.69, 9.17) is 0 Å². The molecule has 3 heteroatoms. The highest BCUT2D eigenvalue weighted by Crippen LogP contribution is 1.37. The van der Waals surface area contributed by atoms with Crippen LogP contribution in [0.15, 0.2) is 0 Å². The second-order valence-corrected chi connectivity index (χ2v) is 0.862. The van der Waals surface area contributed by atoms with E-state index in [1.807, 2.05) is 0 Å². The first-order valence-corrected chi connectivity index (χ1v) is 1.26. The SMILES string of the molecule is CN([NH3+])C=O. The lowest BCUT2D eigenvalue weighted by molar-refractivity contribution is -0.538. The Balaban J connectivity index is 2.83. The van der Waals surface area contributed by atoms with Crippen molar-refractivity contribution in [3.05, 3.63) is 0 Å². The molecule has 30 valence electrons. The number of quaternary nitrogens is 1. The molecule has 0 radical (unpaired) electrons. The van der Waals surface area contributed by atoms with E-state index in [2.05, 4.69) is 5.84 Å². The molecule has 0 aromatic heterocycles. The van der Waals surface area contributed by atoms with Gasteiger partial charge in [0.1, 0.15) is 0 Å². The maximum absolute atomic E-state index is 9.37. The third kappa shape index (κ3) is 3.43. The Morgan fingerprint density at radius 3 is 2.20 bits per heavy atom. The van der Waals surface area contributed by atoms with Crippen LogP contribution in [0.4, 0.5) is 0 Å². The van der Waals surface area contributed by atoms with Gasteiger partial charge in [0, 0.05) is 0 Å². The monoisotopic (exact) mass is 75.1 g/mol. The van der Waals surface area contributed by atoms with Gasteiger partial charge < -0.3 is 0 Å². The Morgan fingerprint density at radius 1 is 2.00 bits per heavy atom. The van der Waals surface area contributed by atoms with E-state index in [1.165, 1.54) is 5.01 Å². The maximum Gasteiger partial charge on any atom is 0.254 e. The van der Waals surface area contributed by atoms with E-state index in [0.29, 0.717) is 6.41 Å². The minimum atomic E-state index is 0.639. The fourth-order valence-corrected chi connectivity index (χ4v) is 0. The van der Waals surface area contributed by atoms with E-state index in [1.54, 1.807) is 7.05 Å². The zero-order chi connectivity index (χ0) is 4.28. The van der Waals surface area contributed by atoms with E-state index >= 15 is 0 Å². The molecule has 0 saturated carbocycles. The van der Waals surface area contributed by atoms with Gasteiger partial charge in [-0.25, -0.2) is 5.01 Å². The summed E-state index contributed by atoms with van der Waals surface area (Å²) in [5, 5.41) is 1.19. The second-order valence-electron chi connectivity index (χ2n) is 0.862. The Labute approximate surface area is 30.3 Å². The normalized spacial score (nSPS) is 6.80. The zero-order valence-electron chi connectivity index (χ0n) is 3.14. The molecular weight excluding hydrogens is 68.0 g/mol. The maximum atomic E-state index is 9.37. The number of rotatable bonds is 1. The largest absolute Gasteiger partial charge is 0.273 e. The van der Waals surface area contributed by atoms with Gasteiger partial charge in [-0.2, -0.15) is 0 Å². The molecule has 0 unspecified atom stereocenters. The van der Waals surface area contributed by atoms with Crippen LogP contribution in [0.1, 0.15) is 0 Å². The summed E-state index contributed by atoms with van der Waals surface area (Å²) in [5.41, 5.74) is 0. The van der Waals surface area contributed by atoms with Crippen molar-refractivity contribution in [2.75, 3.05) is 7.05 Å². The predicted molar refractivity (Wildman–Crippen MR) is 16.7 cm³/mol. The smallest absolute Gasteiger partial charge is 0.254 e. The molecule has 0 saturated heterocycles. The molecule has 0 rings (SSSR count). The van der Waals surface area contributed by atoms with Crippen molar-refractivity contribution in [2.45, 2.75) is 0 Å². The highest BCUT2D eigenvalue weighted by Gasteiger charge is 1.73. The average molecular weight is 75.1 g/mol. The highest BCUT2D eigenvalue weighted by molar-refractivity contribution is 5.43. The summed E-state index contributed by atoms with van der Waals surface area (Å²) < 4.78 is 0. The van der Waals surface area contributed by atoms with E-state index in [9.17, 15) is 4.79 Å². The van der Waals surface area contributed by atoms with Gasteiger partial charge in [-0.1, -0.05) is 0 Å². The van der Waals surface area contributed by atoms with Crippen molar-refractivity contribution in [3.63, 3.8) is 0 Å². The van der Waals surface area contributed by atoms with Gasteiger partial charge in [0.15, 0.2) is 0 Å². The minimum absolute atomic E-state index is 0.639. The zero-order valence-corrected chi connectivity index (χ0v) is 3.14. The van der Waals surface area contributed by atoms with Crippen LogP contribution in [-0.2, 0) is 4.79 Å². The van der Waals surface area contributed by atoms with E-state index < -0.39 is 0 Å². The van der Waals surface area contributed by atoms with Gasteiger partial charge in [-0.05, 0) is 0 Å². The first-order valence-electron chi connectivity index (χ1n) is 1.26. The van der Waals surface area contributed by atoms with Crippen LogP contribution in [0.5, 0.6) is 0 Å². The third-order valence-corrected chi connectivity index (χ3v) is 0.180. The van der Waals surface area contributed by atoms with Crippen molar-refractivity contribution < 1.29 is 10.6 Å². The van der Waals surface area contributed by atoms with Crippen LogP contribution >= 0.6 is 0 Å². The van der Waals surface area contributed by atoms with Crippen LogP contribution in [-0.4, -0.2) is 18.5 Å². The molecule has 0 fully saturated rings. The molecule has 0 spiro atoms.